The molecule has 5 heterocycles. The molecular formula is C21H18F2N10O. The zero-order chi connectivity index (χ0) is 23.6. The lowest BCUT2D eigenvalue weighted by Gasteiger charge is -2.36. The molecule has 5 aromatic rings. The predicted octanol–water partition coefficient (Wildman–Crippen LogP) is 1.98. The molecule has 1 saturated heterocycles. The number of fused-ring (bicyclic) bond motifs is 4. The van der Waals surface area contributed by atoms with Gasteiger partial charge >= 0.3 is 0 Å². The first kappa shape index (κ1) is 20.3. The molecule has 2 N–H and O–H groups in total. The van der Waals surface area contributed by atoms with Crippen LogP contribution in [0.5, 0.6) is 0 Å². The highest BCUT2D eigenvalue weighted by atomic mass is 19.1. The van der Waals surface area contributed by atoms with Gasteiger partial charge in [0.15, 0.2) is 17.3 Å². The first-order chi connectivity index (χ1) is 16.4. The lowest BCUT2D eigenvalue weighted by Crippen LogP contribution is -2.45. The topological polar surface area (TPSA) is 132 Å². The Morgan fingerprint density at radius 2 is 2.00 bits per heavy atom. The molecule has 2 atom stereocenters. The summed E-state index contributed by atoms with van der Waals surface area (Å²) in [6, 6.07) is 3.56. The van der Waals surface area contributed by atoms with Crippen LogP contribution in [0, 0.1) is 11.6 Å². The second-order valence-electron chi connectivity index (χ2n) is 8.34. The van der Waals surface area contributed by atoms with E-state index in [4.69, 9.17) is 5.73 Å². The fourth-order valence-electron chi connectivity index (χ4n) is 4.40. The van der Waals surface area contributed by atoms with E-state index in [9.17, 15) is 13.6 Å². The lowest BCUT2D eigenvalue weighted by atomic mass is 9.92. The second-order valence-corrected chi connectivity index (χ2v) is 8.34. The Balaban J connectivity index is 1.37. The average Bonchev–Trinajstić information content (AvgIpc) is 3.45. The molecule has 11 nitrogen and oxygen atoms in total. The fourth-order valence-corrected chi connectivity index (χ4v) is 4.40. The highest BCUT2D eigenvalue weighted by Crippen LogP contribution is 2.31. The van der Waals surface area contributed by atoms with Crippen LogP contribution in [-0.2, 0) is 0 Å². The minimum Gasteiger partial charge on any atom is -0.368 e. The Morgan fingerprint density at radius 3 is 2.82 bits per heavy atom. The number of aromatic nitrogens is 8. The van der Waals surface area contributed by atoms with Crippen LogP contribution in [0.3, 0.4) is 0 Å². The van der Waals surface area contributed by atoms with E-state index >= 15 is 0 Å². The molecule has 13 heteroatoms. The quantitative estimate of drug-likeness (QED) is 0.419. The SMILES string of the molecule is C[C@H]1CCC(c2nc3c4cc(F)cc(F)c4nc(N)n3n2)CN1C(=O)c1nc2ncccn2n1. The van der Waals surface area contributed by atoms with Gasteiger partial charge in [-0.15, -0.1) is 10.2 Å². The molecule has 0 radical (unpaired) electrons. The number of benzene rings is 1. The van der Waals surface area contributed by atoms with Gasteiger partial charge in [0.1, 0.15) is 11.3 Å². The third-order valence-electron chi connectivity index (χ3n) is 6.15. The Labute approximate surface area is 190 Å². The van der Waals surface area contributed by atoms with E-state index in [1.807, 2.05) is 6.92 Å². The number of likely N-dealkylation sites (tertiary alicyclic amines) is 1. The van der Waals surface area contributed by atoms with Crippen molar-refractivity contribution in [2.24, 2.45) is 0 Å². The number of carbonyl (C=O) groups is 1. The van der Waals surface area contributed by atoms with Gasteiger partial charge in [0.05, 0.1) is 5.39 Å². The van der Waals surface area contributed by atoms with E-state index in [2.05, 4.69) is 30.1 Å². The zero-order valence-corrected chi connectivity index (χ0v) is 17.9. The lowest BCUT2D eigenvalue weighted by molar-refractivity contribution is 0.0594. The molecule has 1 aliphatic heterocycles. The van der Waals surface area contributed by atoms with Gasteiger partial charge in [0.25, 0.3) is 11.7 Å². The van der Waals surface area contributed by atoms with Crippen molar-refractivity contribution >= 4 is 34.2 Å². The Hall–Kier alpha value is -4.29. The predicted molar refractivity (Wildman–Crippen MR) is 116 cm³/mol. The van der Waals surface area contributed by atoms with Crippen LogP contribution >= 0.6 is 0 Å². The van der Waals surface area contributed by atoms with E-state index in [1.54, 1.807) is 23.4 Å². The van der Waals surface area contributed by atoms with E-state index < -0.39 is 11.6 Å². The molecule has 1 aromatic carbocycles. The molecular weight excluding hydrogens is 446 g/mol. The fraction of sp³-hybridized carbons (Fsp3) is 0.286. The van der Waals surface area contributed by atoms with Crippen LogP contribution in [0.1, 0.15) is 42.1 Å². The van der Waals surface area contributed by atoms with Crippen LogP contribution in [0.15, 0.2) is 30.6 Å². The van der Waals surface area contributed by atoms with Gasteiger partial charge < -0.3 is 10.6 Å². The van der Waals surface area contributed by atoms with Crippen molar-refractivity contribution in [1.29, 1.82) is 0 Å². The van der Waals surface area contributed by atoms with E-state index in [-0.39, 0.29) is 46.2 Å². The van der Waals surface area contributed by atoms with Gasteiger partial charge in [-0.25, -0.2) is 28.2 Å². The minimum atomic E-state index is -0.827. The van der Waals surface area contributed by atoms with Gasteiger partial charge in [0.2, 0.25) is 11.8 Å². The van der Waals surface area contributed by atoms with Crippen molar-refractivity contribution in [1.82, 2.24) is 44.1 Å². The monoisotopic (exact) mass is 464 g/mol. The van der Waals surface area contributed by atoms with Crippen LogP contribution in [0.25, 0.3) is 22.3 Å². The zero-order valence-electron chi connectivity index (χ0n) is 17.9. The summed E-state index contributed by atoms with van der Waals surface area (Å²) in [5.41, 5.74) is 6.11. The third-order valence-corrected chi connectivity index (χ3v) is 6.15. The molecule has 0 aliphatic carbocycles. The van der Waals surface area contributed by atoms with Crippen molar-refractivity contribution in [3.63, 3.8) is 0 Å². The number of nitrogen functional groups attached to an aromatic ring is 1. The normalized spacial score (nSPS) is 18.9. The Morgan fingerprint density at radius 1 is 1.15 bits per heavy atom. The number of rotatable bonds is 2. The number of halogens is 2. The molecule has 1 fully saturated rings. The summed E-state index contributed by atoms with van der Waals surface area (Å²) >= 11 is 0. The summed E-state index contributed by atoms with van der Waals surface area (Å²) in [6.07, 6.45) is 4.67. The standard InChI is InChI=1S/C21H18F2N10O/c1-10-3-4-11(9-31(10)19(34)17-28-21-25-5-2-6-32(21)29-17)16-27-18-13-7-12(22)8-14(23)15(13)26-20(24)33(18)30-16/h2,5-8,10-11H,3-4,9H2,1H3,(H2,24,26)/t10-,11?/m0/s1. The average molecular weight is 464 g/mol. The third kappa shape index (κ3) is 3.11. The molecule has 0 saturated carbocycles. The maximum atomic E-state index is 14.3. The highest BCUT2D eigenvalue weighted by Gasteiger charge is 2.34. The summed E-state index contributed by atoms with van der Waals surface area (Å²) in [4.78, 5) is 31.8. The maximum Gasteiger partial charge on any atom is 0.293 e. The Kier molecular flexibility index (Phi) is 4.40. The van der Waals surface area contributed by atoms with Gasteiger partial charge in [-0.2, -0.15) is 9.50 Å². The van der Waals surface area contributed by atoms with Crippen molar-refractivity contribution in [2.75, 3.05) is 12.3 Å². The van der Waals surface area contributed by atoms with Gasteiger partial charge in [0, 0.05) is 37.0 Å². The van der Waals surface area contributed by atoms with Gasteiger partial charge in [-0.1, -0.05) is 0 Å². The summed E-state index contributed by atoms with van der Waals surface area (Å²) in [6.45, 7) is 2.29. The molecule has 1 amide bonds. The van der Waals surface area contributed by atoms with Crippen LogP contribution in [0.2, 0.25) is 0 Å². The number of hydrogen-bond acceptors (Lipinski definition) is 8. The number of anilines is 1. The molecule has 1 unspecified atom stereocenters. The molecule has 0 bridgehead atoms. The first-order valence-corrected chi connectivity index (χ1v) is 10.7. The van der Waals surface area contributed by atoms with Crippen molar-refractivity contribution in [3.05, 3.63) is 53.9 Å². The molecule has 6 rings (SSSR count). The van der Waals surface area contributed by atoms with E-state index in [1.165, 1.54) is 9.03 Å². The number of piperidine rings is 1. The maximum absolute atomic E-state index is 14.3. The summed E-state index contributed by atoms with van der Waals surface area (Å²) in [7, 11) is 0. The number of carbonyl (C=O) groups excluding carboxylic acids is 1. The van der Waals surface area contributed by atoms with E-state index in [0.717, 1.165) is 18.6 Å². The number of amides is 1. The molecule has 4 aromatic heterocycles. The molecule has 1 aliphatic rings. The number of hydrogen-bond donors (Lipinski definition) is 1. The largest absolute Gasteiger partial charge is 0.368 e. The van der Waals surface area contributed by atoms with E-state index in [0.29, 0.717) is 24.6 Å². The summed E-state index contributed by atoms with van der Waals surface area (Å²) in [5.74, 6) is -1.37. The molecule has 172 valence electrons. The minimum absolute atomic E-state index is 0.0453. The number of nitrogens with two attached hydrogens (primary N) is 1. The summed E-state index contributed by atoms with van der Waals surface area (Å²) < 4.78 is 30.9. The van der Waals surface area contributed by atoms with Gasteiger partial charge in [-0.05, 0) is 31.9 Å². The van der Waals surface area contributed by atoms with Gasteiger partial charge in [-0.3, -0.25) is 4.79 Å². The van der Waals surface area contributed by atoms with Crippen LogP contribution in [0.4, 0.5) is 14.7 Å². The highest BCUT2D eigenvalue weighted by molar-refractivity contribution is 5.93. The number of nitrogens with zero attached hydrogens (tertiary/aromatic N) is 9. The van der Waals surface area contributed by atoms with Crippen molar-refractivity contribution in [2.45, 2.75) is 31.7 Å². The van der Waals surface area contributed by atoms with Crippen LogP contribution in [-0.4, -0.2) is 62.6 Å². The Bertz CT molecular complexity index is 1560. The molecule has 0 spiro atoms. The second kappa shape index (κ2) is 7.37. The molecule has 34 heavy (non-hydrogen) atoms. The van der Waals surface area contributed by atoms with Crippen LogP contribution < -0.4 is 5.73 Å². The first-order valence-electron chi connectivity index (χ1n) is 10.7. The smallest absolute Gasteiger partial charge is 0.293 e. The van der Waals surface area contributed by atoms with Crippen molar-refractivity contribution in [3.8, 4) is 0 Å². The van der Waals surface area contributed by atoms with Crippen molar-refractivity contribution < 1.29 is 13.6 Å². The summed E-state index contributed by atoms with van der Waals surface area (Å²) in [5, 5.41) is 8.87.